The number of aliphatic hydroxyl groups excluding tert-OH is 2. The van der Waals surface area contributed by atoms with Crippen molar-refractivity contribution in [2.24, 2.45) is 23.2 Å². The van der Waals surface area contributed by atoms with E-state index in [4.69, 9.17) is 9.47 Å². The Morgan fingerprint density at radius 2 is 1.42 bits per heavy atom. The number of allylic oxidation sites excluding steroid dienone is 3. The van der Waals surface area contributed by atoms with E-state index in [1.54, 1.807) is 0 Å². The molecule has 2 saturated carbocycles. The van der Waals surface area contributed by atoms with E-state index in [-0.39, 0.29) is 17.5 Å². The van der Waals surface area contributed by atoms with Crippen LogP contribution in [0.4, 0.5) is 0 Å². The number of Topliss-reactive ketones (excluding diaryl/α,β-unsaturated/α-hetero) is 2. The number of epoxide rings is 2. The largest absolute Gasteiger partial charge is 0.390 e. The van der Waals surface area contributed by atoms with Crippen LogP contribution in [-0.2, 0) is 19.1 Å². The summed E-state index contributed by atoms with van der Waals surface area (Å²) in [6.07, 6.45) is 18.0. The zero-order chi connectivity index (χ0) is 26.9. The fourth-order valence-electron chi connectivity index (χ4n) is 7.80. The average Bonchev–Trinajstić information content (AvgIpc) is 3.83. The third-order valence-corrected chi connectivity index (χ3v) is 9.97. The van der Waals surface area contributed by atoms with Crippen LogP contribution in [0.25, 0.3) is 0 Å². The second kappa shape index (κ2) is 12.0. The van der Waals surface area contributed by atoms with Crippen molar-refractivity contribution in [1.82, 2.24) is 0 Å². The first-order valence-corrected chi connectivity index (χ1v) is 15.6. The van der Waals surface area contributed by atoms with Crippen LogP contribution in [0.2, 0.25) is 0 Å². The predicted molar refractivity (Wildman–Crippen MR) is 145 cm³/mol. The molecule has 0 bridgehead atoms. The van der Waals surface area contributed by atoms with Crippen molar-refractivity contribution in [3.63, 3.8) is 0 Å². The average molecular weight is 529 g/mol. The van der Waals surface area contributed by atoms with Gasteiger partial charge in [-0.1, -0.05) is 103 Å². The number of carbonyl (C=O) groups excluding carboxylic acids is 2. The number of unbranched alkanes of at least 4 members (excludes halogenated alkanes) is 11. The van der Waals surface area contributed by atoms with Crippen LogP contribution in [0.5, 0.6) is 0 Å². The van der Waals surface area contributed by atoms with Crippen LogP contribution < -0.4 is 0 Å². The smallest absolute Gasteiger partial charge is 0.190 e. The monoisotopic (exact) mass is 528 g/mol. The number of hydrogen-bond donors (Lipinski definition) is 2. The summed E-state index contributed by atoms with van der Waals surface area (Å²) < 4.78 is 11.3. The first kappa shape index (κ1) is 28.2. The zero-order valence-electron chi connectivity index (χ0n) is 23.4. The van der Waals surface area contributed by atoms with Gasteiger partial charge in [0.15, 0.2) is 11.6 Å². The van der Waals surface area contributed by atoms with Crippen LogP contribution in [0, 0.1) is 23.2 Å². The molecule has 2 aliphatic heterocycles. The predicted octanol–water partition coefficient (Wildman–Crippen LogP) is 5.24. The summed E-state index contributed by atoms with van der Waals surface area (Å²) >= 11 is 0. The lowest BCUT2D eigenvalue weighted by Gasteiger charge is -2.54. The van der Waals surface area contributed by atoms with Crippen molar-refractivity contribution in [2.75, 3.05) is 0 Å². The highest BCUT2D eigenvalue weighted by atomic mass is 16.6. The molecule has 0 radical (unpaired) electrons. The van der Waals surface area contributed by atoms with E-state index in [9.17, 15) is 19.8 Å². The maximum Gasteiger partial charge on any atom is 0.190 e. The van der Waals surface area contributed by atoms with Gasteiger partial charge >= 0.3 is 0 Å². The number of ether oxygens (including phenoxy) is 2. The van der Waals surface area contributed by atoms with E-state index in [1.165, 1.54) is 57.8 Å². The van der Waals surface area contributed by atoms with Gasteiger partial charge in [0, 0.05) is 17.4 Å². The first-order chi connectivity index (χ1) is 18.5. The van der Waals surface area contributed by atoms with Crippen LogP contribution in [-0.4, -0.2) is 58.4 Å². The number of fused-ring (bicyclic) bond motifs is 5. The SMILES string of the molecule is CCCCCCCC/C=C/[C@]12C(=O)[C@H]3O[C@H]3[C@H](O)[C@H]1[C@H]1C(=C[C@@H]2CCCCCCCC)C(=O)[C@H]2O[C@H]2[C@@H]1O. The molecule has 0 amide bonds. The maximum absolute atomic E-state index is 14.1. The van der Waals surface area contributed by atoms with Gasteiger partial charge in [-0.15, -0.1) is 0 Å². The highest BCUT2D eigenvalue weighted by Crippen LogP contribution is 2.62. The van der Waals surface area contributed by atoms with Crippen molar-refractivity contribution in [3.05, 3.63) is 23.8 Å². The Labute approximate surface area is 228 Å². The van der Waals surface area contributed by atoms with E-state index in [2.05, 4.69) is 26.0 Å². The van der Waals surface area contributed by atoms with Gasteiger partial charge < -0.3 is 19.7 Å². The highest BCUT2D eigenvalue weighted by molar-refractivity contribution is 6.04. The van der Waals surface area contributed by atoms with Gasteiger partial charge in [0.1, 0.15) is 24.4 Å². The summed E-state index contributed by atoms with van der Waals surface area (Å²) in [7, 11) is 0. The molecule has 4 fully saturated rings. The lowest BCUT2D eigenvalue weighted by molar-refractivity contribution is -0.147. The third-order valence-electron chi connectivity index (χ3n) is 9.97. The van der Waals surface area contributed by atoms with Crippen molar-refractivity contribution in [1.29, 1.82) is 0 Å². The minimum absolute atomic E-state index is 0.0294. The molecule has 0 spiro atoms. The Hall–Kier alpha value is -1.34. The number of ketones is 2. The molecule has 212 valence electrons. The van der Waals surface area contributed by atoms with E-state index in [0.29, 0.717) is 5.57 Å². The summed E-state index contributed by atoms with van der Waals surface area (Å²) in [6, 6.07) is 0. The van der Waals surface area contributed by atoms with Gasteiger partial charge in [0.2, 0.25) is 0 Å². The van der Waals surface area contributed by atoms with Crippen molar-refractivity contribution < 1.29 is 29.3 Å². The topological polar surface area (TPSA) is 99.7 Å². The van der Waals surface area contributed by atoms with E-state index < -0.39 is 53.9 Å². The minimum Gasteiger partial charge on any atom is -0.390 e. The van der Waals surface area contributed by atoms with Gasteiger partial charge in [-0.05, 0) is 25.2 Å². The minimum atomic E-state index is -0.958. The maximum atomic E-state index is 14.1. The lowest BCUT2D eigenvalue weighted by atomic mass is 9.48. The summed E-state index contributed by atoms with van der Waals surface area (Å²) in [6.45, 7) is 4.43. The van der Waals surface area contributed by atoms with Crippen LogP contribution >= 0.6 is 0 Å². The molecule has 10 atom stereocenters. The molecule has 2 heterocycles. The Morgan fingerprint density at radius 3 is 2.13 bits per heavy atom. The van der Waals surface area contributed by atoms with E-state index in [0.717, 1.165) is 32.1 Å². The number of rotatable bonds is 15. The Morgan fingerprint density at radius 1 is 0.816 bits per heavy atom. The van der Waals surface area contributed by atoms with Crippen molar-refractivity contribution >= 4 is 11.6 Å². The second-order valence-electron chi connectivity index (χ2n) is 12.5. The summed E-state index contributed by atoms with van der Waals surface area (Å²) in [5, 5.41) is 22.8. The van der Waals surface area contributed by atoms with E-state index >= 15 is 0 Å². The molecule has 5 aliphatic rings. The van der Waals surface area contributed by atoms with E-state index in [1.807, 2.05) is 6.08 Å². The van der Waals surface area contributed by atoms with Crippen molar-refractivity contribution in [2.45, 2.75) is 140 Å². The summed E-state index contributed by atoms with van der Waals surface area (Å²) in [5.74, 6) is -1.41. The number of aliphatic hydroxyl groups is 2. The molecular weight excluding hydrogens is 480 g/mol. The summed E-state index contributed by atoms with van der Waals surface area (Å²) in [5.41, 5.74) is -0.386. The molecule has 0 unspecified atom stereocenters. The number of hydrogen-bond acceptors (Lipinski definition) is 6. The Kier molecular flexibility index (Phi) is 8.93. The second-order valence-corrected chi connectivity index (χ2v) is 12.5. The highest BCUT2D eigenvalue weighted by Gasteiger charge is 2.73. The third kappa shape index (κ3) is 5.11. The van der Waals surface area contributed by atoms with Crippen LogP contribution in [0.3, 0.4) is 0 Å². The van der Waals surface area contributed by atoms with Gasteiger partial charge in [-0.2, -0.15) is 0 Å². The molecule has 3 aliphatic carbocycles. The molecule has 2 saturated heterocycles. The fraction of sp³-hybridized carbons (Fsp3) is 0.812. The zero-order valence-corrected chi connectivity index (χ0v) is 23.4. The molecule has 6 heteroatoms. The molecular formula is C32H48O6. The molecule has 38 heavy (non-hydrogen) atoms. The van der Waals surface area contributed by atoms with Gasteiger partial charge in [0.25, 0.3) is 0 Å². The molecule has 0 aromatic heterocycles. The van der Waals surface area contributed by atoms with Gasteiger partial charge in [0.05, 0.1) is 17.6 Å². The standard InChI is InChI=1S/C32H48O6/c1-3-5-7-9-11-12-14-16-18-32-20(17-15-13-10-8-6-4-2)19-21-22(25(34)28-27(37-28)24(21)33)23(32)26(35)29-30(38-29)31(32)36/h16,18-20,22-23,25-30,34-35H,3-15,17H2,1-2H3/b18-16+/t20-,22+,23+,25+,26+,27+,28-,29-,30-,32+/m0/s1. The van der Waals surface area contributed by atoms with Crippen molar-refractivity contribution in [3.8, 4) is 0 Å². The lowest BCUT2D eigenvalue weighted by Crippen LogP contribution is -2.63. The number of carbonyl (C=O) groups is 2. The quantitative estimate of drug-likeness (QED) is 0.171. The van der Waals surface area contributed by atoms with Crippen LogP contribution in [0.1, 0.15) is 104 Å². The Balaban J connectivity index is 1.41. The normalized spacial score (nSPS) is 40.8. The first-order valence-electron chi connectivity index (χ1n) is 15.6. The molecule has 2 N–H and O–H groups in total. The molecule has 0 aromatic rings. The van der Waals surface area contributed by atoms with Gasteiger partial charge in [-0.25, -0.2) is 0 Å². The summed E-state index contributed by atoms with van der Waals surface area (Å²) in [4.78, 5) is 27.4. The molecule has 5 rings (SSSR count). The molecule has 6 nitrogen and oxygen atoms in total. The fourth-order valence-corrected chi connectivity index (χ4v) is 7.80. The Bertz CT molecular complexity index is 925. The molecule has 0 aromatic carbocycles. The van der Waals surface area contributed by atoms with Gasteiger partial charge in [-0.3, -0.25) is 9.59 Å². The van der Waals surface area contributed by atoms with Crippen LogP contribution in [0.15, 0.2) is 23.8 Å².